The second-order valence-corrected chi connectivity index (χ2v) is 9.19. The summed E-state index contributed by atoms with van der Waals surface area (Å²) in [5.41, 5.74) is 7.25. The average molecular weight is 498 g/mol. The molecule has 1 aliphatic heterocycles. The Balaban J connectivity index is 1.77. The van der Waals surface area contributed by atoms with Crippen LogP contribution in [0.5, 0.6) is 5.75 Å². The normalized spacial score (nSPS) is 15.5. The minimum atomic E-state index is -1.24. The van der Waals surface area contributed by atoms with E-state index in [4.69, 9.17) is 20.8 Å². The first-order valence-electron chi connectivity index (χ1n) is 10.8. The number of carbonyl (C=O) groups excluding carboxylic acids is 1. The zero-order valence-corrected chi connectivity index (χ0v) is 19.3. The number of halogens is 2. The highest BCUT2D eigenvalue weighted by Gasteiger charge is 2.26. The molecule has 1 atom stereocenters. The molecule has 0 radical (unpaired) electrons. The molecule has 180 valence electrons. The SMILES string of the molecule is N#Cc1ccc(-c2cc(C(=O)N3CCCC(N)C3)sc2-c2ccc(OCC(=O)O)c(F)c2)cc1F. The van der Waals surface area contributed by atoms with Crippen molar-refractivity contribution in [2.24, 2.45) is 5.73 Å². The number of amides is 1. The highest BCUT2D eigenvalue weighted by Crippen LogP contribution is 2.41. The summed E-state index contributed by atoms with van der Waals surface area (Å²) in [4.78, 5) is 26.5. The fourth-order valence-corrected chi connectivity index (χ4v) is 5.09. The van der Waals surface area contributed by atoms with E-state index in [1.807, 2.05) is 0 Å². The van der Waals surface area contributed by atoms with Crippen LogP contribution in [0.15, 0.2) is 42.5 Å². The summed E-state index contributed by atoms with van der Waals surface area (Å²) in [5.74, 6) is -3.16. The van der Waals surface area contributed by atoms with Gasteiger partial charge in [0, 0.05) is 29.6 Å². The maximum atomic E-state index is 14.7. The number of nitriles is 1. The average Bonchev–Trinajstić information content (AvgIpc) is 3.28. The van der Waals surface area contributed by atoms with Crippen LogP contribution in [-0.2, 0) is 4.79 Å². The summed E-state index contributed by atoms with van der Waals surface area (Å²) in [5, 5.41) is 17.8. The number of rotatable bonds is 6. The van der Waals surface area contributed by atoms with Crippen molar-refractivity contribution >= 4 is 23.2 Å². The molecule has 1 aliphatic rings. The van der Waals surface area contributed by atoms with Crippen LogP contribution < -0.4 is 10.5 Å². The number of aliphatic carboxylic acids is 1. The fraction of sp³-hybridized carbons (Fsp3) is 0.240. The summed E-state index contributed by atoms with van der Waals surface area (Å²) < 4.78 is 34.0. The maximum absolute atomic E-state index is 14.7. The van der Waals surface area contributed by atoms with E-state index in [2.05, 4.69) is 0 Å². The number of benzene rings is 2. The van der Waals surface area contributed by atoms with Crippen molar-refractivity contribution in [2.45, 2.75) is 18.9 Å². The van der Waals surface area contributed by atoms with Gasteiger partial charge in [0.1, 0.15) is 11.9 Å². The molecule has 1 aromatic heterocycles. The van der Waals surface area contributed by atoms with Gasteiger partial charge in [-0.25, -0.2) is 13.6 Å². The summed E-state index contributed by atoms with van der Waals surface area (Å²) in [6.45, 7) is 0.309. The van der Waals surface area contributed by atoms with Crippen molar-refractivity contribution < 1.29 is 28.2 Å². The summed E-state index contributed by atoms with van der Waals surface area (Å²) in [6, 6.07) is 11.5. The van der Waals surface area contributed by atoms with Gasteiger partial charge in [0.05, 0.1) is 10.4 Å². The number of thiophene rings is 1. The number of ether oxygens (including phenoxy) is 1. The first kappa shape index (κ1) is 24.3. The zero-order valence-electron chi connectivity index (χ0n) is 18.5. The van der Waals surface area contributed by atoms with Crippen molar-refractivity contribution in [1.82, 2.24) is 4.90 Å². The van der Waals surface area contributed by atoms with Gasteiger partial charge in [-0.05, 0) is 60.4 Å². The third-order valence-electron chi connectivity index (χ3n) is 5.63. The van der Waals surface area contributed by atoms with Gasteiger partial charge in [0.25, 0.3) is 5.91 Å². The predicted octanol–water partition coefficient (Wildman–Crippen LogP) is 4.26. The smallest absolute Gasteiger partial charge is 0.341 e. The lowest BCUT2D eigenvalue weighted by molar-refractivity contribution is -0.139. The molecule has 2 heterocycles. The van der Waals surface area contributed by atoms with Crippen LogP contribution in [0.25, 0.3) is 21.6 Å². The number of piperidine rings is 1. The molecular weight excluding hydrogens is 476 g/mol. The Kier molecular flexibility index (Phi) is 7.10. The molecule has 1 amide bonds. The van der Waals surface area contributed by atoms with E-state index < -0.39 is 24.2 Å². The lowest BCUT2D eigenvalue weighted by atomic mass is 10.0. The molecule has 0 spiro atoms. The van der Waals surface area contributed by atoms with E-state index in [1.165, 1.54) is 24.3 Å². The zero-order chi connectivity index (χ0) is 25.1. The summed E-state index contributed by atoms with van der Waals surface area (Å²) in [6.07, 6.45) is 1.63. The van der Waals surface area contributed by atoms with Gasteiger partial charge >= 0.3 is 5.97 Å². The molecule has 3 aromatic rings. The van der Waals surface area contributed by atoms with Crippen molar-refractivity contribution in [1.29, 1.82) is 5.26 Å². The van der Waals surface area contributed by atoms with Gasteiger partial charge in [0.2, 0.25) is 0 Å². The van der Waals surface area contributed by atoms with E-state index in [9.17, 15) is 18.4 Å². The lowest BCUT2D eigenvalue weighted by Gasteiger charge is -2.30. The first-order chi connectivity index (χ1) is 16.8. The Bertz CT molecular complexity index is 1330. The molecule has 1 saturated heterocycles. The van der Waals surface area contributed by atoms with Gasteiger partial charge in [-0.3, -0.25) is 4.79 Å². The topological polar surface area (TPSA) is 117 Å². The van der Waals surface area contributed by atoms with Crippen molar-refractivity contribution in [2.75, 3.05) is 19.7 Å². The van der Waals surface area contributed by atoms with Crippen LogP contribution in [0, 0.1) is 23.0 Å². The van der Waals surface area contributed by atoms with Crippen molar-refractivity contribution in [3.63, 3.8) is 0 Å². The minimum Gasteiger partial charge on any atom is -0.479 e. The number of carboxylic acids is 1. The molecule has 35 heavy (non-hydrogen) atoms. The number of nitrogens with two attached hydrogens (primary N) is 1. The van der Waals surface area contributed by atoms with Crippen LogP contribution >= 0.6 is 11.3 Å². The third kappa shape index (κ3) is 5.31. The molecule has 1 unspecified atom stereocenters. The molecular formula is C25H21F2N3O4S. The van der Waals surface area contributed by atoms with Gasteiger partial charge < -0.3 is 20.5 Å². The number of likely N-dealkylation sites (tertiary alicyclic amines) is 1. The molecule has 0 aliphatic carbocycles. The molecule has 2 aromatic carbocycles. The van der Waals surface area contributed by atoms with Crippen LogP contribution in [0.1, 0.15) is 28.1 Å². The first-order valence-corrected chi connectivity index (χ1v) is 11.6. The molecule has 10 heteroatoms. The van der Waals surface area contributed by atoms with Crippen LogP contribution in [0.4, 0.5) is 8.78 Å². The van der Waals surface area contributed by atoms with Crippen LogP contribution in [-0.4, -0.2) is 47.6 Å². The Morgan fingerprint density at radius 1 is 1.17 bits per heavy atom. The third-order valence-corrected chi connectivity index (χ3v) is 6.81. The number of carbonyl (C=O) groups is 2. The molecule has 3 N–H and O–H groups in total. The van der Waals surface area contributed by atoms with Gasteiger partial charge in [-0.1, -0.05) is 6.07 Å². The second-order valence-electron chi connectivity index (χ2n) is 8.14. The highest BCUT2D eigenvalue weighted by molar-refractivity contribution is 7.18. The Morgan fingerprint density at radius 3 is 2.57 bits per heavy atom. The number of hydrogen-bond donors (Lipinski definition) is 2. The molecule has 0 bridgehead atoms. The second kappa shape index (κ2) is 10.2. The van der Waals surface area contributed by atoms with Gasteiger partial charge in [0.15, 0.2) is 18.2 Å². The Labute approximate surface area is 204 Å². The van der Waals surface area contributed by atoms with Crippen molar-refractivity contribution in [3.05, 3.63) is 64.5 Å². The van der Waals surface area contributed by atoms with Crippen molar-refractivity contribution in [3.8, 4) is 33.4 Å². The number of nitrogens with zero attached hydrogens (tertiary/aromatic N) is 2. The van der Waals surface area contributed by atoms with E-state index in [0.717, 1.165) is 24.2 Å². The summed E-state index contributed by atoms with van der Waals surface area (Å²) in [7, 11) is 0. The van der Waals surface area contributed by atoms with Gasteiger partial charge in [-0.15, -0.1) is 11.3 Å². The van der Waals surface area contributed by atoms with E-state index >= 15 is 0 Å². The monoisotopic (exact) mass is 497 g/mol. The Morgan fingerprint density at radius 2 is 1.91 bits per heavy atom. The minimum absolute atomic E-state index is 0.105. The highest BCUT2D eigenvalue weighted by atomic mass is 32.1. The van der Waals surface area contributed by atoms with E-state index in [-0.39, 0.29) is 23.3 Å². The fourth-order valence-electron chi connectivity index (χ4n) is 3.95. The largest absolute Gasteiger partial charge is 0.479 e. The van der Waals surface area contributed by atoms with Crippen LogP contribution in [0.2, 0.25) is 0 Å². The molecule has 0 saturated carbocycles. The van der Waals surface area contributed by atoms with E-state index in [1.54, 1.807) is 29.2 Å². The lowest BCUT2D eigenvalue weighted by Crippen LogP contribution is -2.45. The standard InChI is InChI=1S/C25H21F2N3O4S/c26-19-8-14(3-4-16(19)11-28)18-10-22(25(33)30-7-1-2-17(29)12-30)35-24(18)15-5-6-21(20(27)9-15)34-13-23(31)32/h3-6,8-10,17H,1-2,7,12-13,29H2,(H,31,32). The molecule has 4 rings (SSSR count). The summed E-state index contributed by atoms with van der Waals surface area (Å²) >= 11 is 1.14. The quantitative estimate of drug-likeness (QED) is 0.526. The van der Waals surface area contributed by atoms with Gasteiger partial charge in [-0.2, -0.15) is 5.26 Å². The Hall–Kier alpha value is -3.81. The molecule has 1 fully saturated rings. The number of hydrogen-bond acceptors (Lipinski definition) is 6. The number of carboxylic acid groups (broad SMARTS) is 1. The van der Waals surface area contributed by atoms with E-state index in [0.29, 0.717) is 39.5 Å². The predicted molar refractivity (Wildman–Crippen MR) is 126 cm³/mol. The maximum Gasteiger partial charge on any atom is 0.341 e. The van der Waals surface area contributed by atoms with Crippen LogP contribution in [0.3, 0.4) is 0 Å². The molecule has 7 nitrogen and oxygen atoms in total.